The number of carbonyl (C=O) groups is 2. The van der Waals surface area contributed by atoms with Crippen LogP contribution in [0.5, 0.6) is 0 Å². The second-order valence-electron chi connectivity index (χ2n) is 4.25. The predicted molar refractivity (Wildman–Crippen MR) is 66.2 cm³/mol. The fraction of sp³-hybridized carbons (Fsp3) is 0.500. The third-order valence-electron chi connectivity index (χ3n) is 3.22. The SMILES string of the molecule is CCN(C(=O)c1ccoc1Cl)C1COCC1C(=O)O. The largest absolute Gasteiger partial charge is 0.481 e. The van der Waals surface area contributed by atoms with Crippen molar-refractivity contribution in [2.24, 2.45) is 5.92 Å². The van der Waals surface area contributed by atoms with Crippen LogP contribution in [0, 0.1) is 5.92 Å². The molecule has 1 aromatic heterocycles. The number of hydrogen-bond donors (Lipinski definition) is 1. The van der Waals surface area contributed by atoms with E-state index in [1.165, 1.54) is 17.2 Å². The van der Waals surface area contributed by atoms with E-state index in [4.69, 9.17) is 25.9 Å². The third kappa shape index (κ3) is 2.59. The van der Waals surface area contributed by atoms with Crippen molar-refractivity contribution in [2.75, 3.05) is 19.8 Å². The van der Waals surface area contributed by atoms with Crippen LogP contribution in [0.3, 0.4) is 0 Å². The molecule has 2 heterocycles. The smallest absolute Gasteiger partial charge is 0.311 e. The van der Waals surface area contributed by atoms with Crippen LogP contribution in [0.2, 0.25) is 5.22 Å². The highest BCUT2D eigenvalue weighted by atomic mass is 35.5. The Kier molecular flexibility index (Phi) is 4.11. The van der Waals surface area contributed by atoms with Crippen LogP contribution in [0.4, 0.5) is 0 Å². The number of carbonyl (C=O) groups excluding carboxylic acids is 1. The van der Waals surface area contributed by atoms with Crippen molar-refractivity contribution in [3.05, 3.63) is 23.1 Å². The molecule has 1 fully saturated rings. The summed E-state index contributed by atoms with van der Waals surface area (Å²) in [6.45, 7) is 2.48. The molecule has 0 saturated carbocycles. The van der Waals surface area contributed by atoms with Crippen molar-refractivity contribution in [3.8, 4) is 0 Å². The number of amides is 1. The average molecular weight is 288 g/mol. The summed E-state index contributed by atoms with van der Waals surface area (Å²) < 4.78 is 10.1. The van der Waals surface area contributed by atoms with Crippen LogP contribution in [0.15, 0.2) is 16.7 Å². The Morgan fingerprint density at radius 3 is 2.79 bits per heavy atom. The molecule has 2 atom stereocenters. The van der Waals surface area contributed by atoms with Crippen molar-refractivity contribution in [2.45, 2.75) is 13.0 Å². The van der Waals surface area contributed by atoms with Gasteiger partial charge in [-0.25, -0.2) is 0 Å². The molecule has 1 aromatic rings. The summed E-state index contributed by atoms with van der Waals surface area (Å²) in [5.74, 6) is -2.02. The predicted octanol–water partition coefficient (Wildman–Crippen LogP) is 1.49. The van der Waals surface area contributed by atoms with E-state index in [1.807, 2.05) is 0 Å². The standard InChI is InChI=1S/C12H14ClNO5/c1-2-14(9-6-18-5-8(9)12(16)17)11(15)7-3-4-19-10(7)13/h3-4,8-9H,2,5-6H2,1H3,(H,16,17). The maximum Gasteiger partial charge on any atom is 0.311 e. The molecular weight excluding hydrogens is 274 g/mol. The van der Waals surface area contributed by atoms with E-state index >= 15 is 0 Å². The lowest BCUT2D eigenvalue weighted by atomic mass is 10.0. The Balaban J connectivity index is 2.23. The van der Waals surface area contributed by atoms with Gasteiger partial charge in [0, 0.05) is 6.54 Å². The molecular formula is C12H14ClNO5. The molecule has 6 nitrogen and oxygen atoms in total. The quantitative estimate of drug-likeness (QED) is 0.907. The number of hydrogen-bond acceptors (Lipinski definition) is 4. The van der Waals surface area contributed by atoms with Gasteiger partial charge in [-0.15, -0.1) is 0 Å². The Morgan fingerprint density at radius 2 is 2.26 bits per heavy atom. The van der Waals surface area contributed by atoms with Crippen LogP contribution >= 0.6 is 11.6 Å². The number of carboxylic acid groups (broad SMARTS) is 1. The summed E-state index contributed by atoms with van der Waals surface area (Å²) >= 11 is 5.78. The Bertz CT molecular complexity index is 486. The number of furan rings is 1. The minimum atomic E-state index is -0.966. The van der Waals surface area contributed by atoms with E-state index in [1.54, 1.807) is 6.92 Å². The van der Waals surface area contributed by atoms with Gasteiger partial charge in [-0.1, -0.05) is 0 Å². The summed E-state index contributed by atoms with van der Waals surface area (Å²) in [6, 6.07) is 0.986. The molecule has 7 heteroatoms. The maximum absolute atomic E-state index is 12.3. The highest BCUT2D eigenvalue weighted by Crippen LogP contribution is 2.25. The summed E-state index contributed by atoms with van der Waals surface area (Å²) in [4.78, 5) is 25.0. The number of aliphatic carboxylic acids is 1. The molecule has 0 radical (unpaired) electrons. The van der Waals surface area contributed by atoms with Crippen molar-refractivity contribution in [1.82, 2.24) is 4.90 Å². The normalized spacial score (nSPS) is 22.4. The lowest BCUT2D eigenvalue weighted by molar-refractivity contribution is -0.142. The van der Waals surface area contributed by atoms with Gasteiger partial charge in [-0.2, -0.15) is 0 Å². The minimum Gasteiger partial charge on any atom is -0.481 e. The monoisotopic (exact) mass is 287 g/mol. The summed E-state index contributed by atoms with van der Waals surface area (Å²) in [6.07, 6.45) is 1.32. The van der Waals surface area contributed by atoms with Gasteiger partial charge >= 0.3 is 5.97 Å². The van der Waals surface area contributed by atoms with Crippen molar-refractivity contribution in [3.63, 3.8) is 0 Å². The molecule has 0 spiro atoms. The van der Waals surface area contributed by atoms with Crippen LogP contribution in [-0.2, 0) is 9.53 Å². The van der Waals surface area contributed by atoms with Crippen molar-refractivity contribution >= 4 is 23.5 Å². The van der Waals surface area contributed by atoms with Crippen LogP contribution in [0.25, 0.3) is 0 Å². The fourth-order valence-corrected chi connectivity index (χ4v) is 2.41. The second kappa shape index (κ2) is 5.63. The molecule has 104 valence electrons. The second-order valence-corrected chi connectivity index (χ2v) is 4.59. The molecule has 1 N–H and O–H groups in total. The summed E-state index contributed by atoms with van der Waals surface area (Å²) in [5.41, 5.74) is 0.236. The Morgan fingerprint density at radius 1 is 1.53 bits per heavy atom. The fourth-order valence-electron chi connectivity index (χ4n) is 2.22. The van der Waals surface area contributed by atoms with Gasteiger partial charge in [0.15, 0.2) is 0 Å². The van der Waals surface area contributed by atoms with E-state index in [0.29, 0.717) is 6.54 Å². The third-order valence-corrected chi connectivity index (χ3v) is 3.51. The van der Waals surface area contributed by atoms with Gasteiger partial charge < -0.3 is 19.2 Å². The lowest BCUT2D eigenvalue weighted by Gasteiger charge is -2.29. The van der Waals surface area contributed by atoms with Crippen LogP contribution in [-0.4, -0.2) is 47.7 Å². The Labute approximate surface area is 114 Å². The molecule has 1 saturated heterocycles. The number of ether oxygens (including phenoxy) is 1. The molecule has 2 unspecified atom stereocenters. The zero-order valence-electron chi connectivity index (χ0n) is 10.3. The summed E-state index contributed by atoms with van der Waals surface area (Å²) in [5, 5.41) is 9.14. The first-order valence-corrected chi connectivity index (χ1v) is 6.28. The van der Waals surface area contributed by atoms with E-state index in [0.717, 1.165) is 0 Å². The van der Waals surface area contributed by atoms with Crippen LogP contribution in [0.1, 0.15) is 17.3 Å². The van der Waals surface area contributed by atoms with E-state index in [-0.39, 0.29) is 29.9 Å². The van der Waals surface area contributed by atoms with Gasteiger partial charge in [-0.05, 0) is 24.6 Å². The molecule has 0 bridgehead atoms. The number of halogens is 1. The first kappa shape index (κ1) is 13.9. The average Bonchev–Trinajstić information content (AvgIpc) is 2.98. The molecule has 2 rings (SSSR count). The van der Waals surface area contributed by atoms with Crippen LogP contribution < -0.4 is 0 Å². The van der Waals surface area contributed by atoms with Gasteiger partial charge in [0.1, 0.15) is 5.92 Å². The number of rotatable bonds is 4. The van der Waals surface area contributed by atoms with Gasteiger partial charge in [-0.3, -0.25) is 9.59 Å². The minimum absolute atomic E-state index is 0.00856. The van der Waals surface area contributed by atoms with E-state index < -0.39 is 17.9 Å². The van der Waals surface area contributed by atoms with E-state index in [2.05, 4.69) is 0 Å². The molecule has 1 aliphatic heterocycles. The van der Waals surface area contributed by atoms with Gasteiger partial charge in [0.2, 0.25) is 5.22 Å². The molecule has 19 heavy (non-hydrogen) atoms. The summed E-state index contributed by atoms with van der Waals surface area (Å²) in [7, 11) is 0. The van der Waals surface area contributed by atoms with Gasteiger partial charge in [0.25, 0.3) is 5.91 Å². The number of nitrogens with zero attached hydrogens (tertiary/aromatic N) is 1. The number of likely N-dealkylation sites (N-methyl/N-ethyl adjacent to an activating group) is 1. The zero-order valence-corrected chi connectivity index (χ0v) is 11.1. The maximum atomic E-state index is 12.3. The lowest BCUT2D eigenvalue weighted by Crippen LogP contribution is -2.46. The molecule has 0 aliphatic carbocycles. The highest BCUT2D eigenvalue weighted by Gasteiger charge is 2.40. The molecule has 1 amide bonds. The first-order chi connectivity index (χ1) is 9.06. The highest BCUT2D eigenvalue weighted by molar-refractivity contribution is 6.32. The Hall–Kier alpha value is -1.53. The molecule has 1 aliphatic rings. The van der Waals surface area contributed by atoms with E-state index in [9.17, 15) is 9.59 Å². The first-order valence-electron chi connectivity index (χ1n) is 5.90. The van der Waals surface area contributed by atoms with Gasteiger partial charge in [0.05, 0.1) is 31.1 Å². The van der Waals surface area contributed by atoms with Crippen molar-refractivity contribution < 1.29 is 23.8 Å². The van der Waals surface area contributed by atoms with Crippen molar-refractivity contribution in [1.29, 1.82) is 0 Å². The topological polar surface area (TPSA) is 80.0 Å². The number of carboxylic acids is 1. The molecule has 0 aromatic carbocycles. The zero-order chi connectivity index (χ0) is 14.0.